The predicted octanol–water partition coefficient (Wildman–Crippen LogP) is 1.68. The van der Waals surface area contributed by atoms with Gasteiger partial charge < -0.3 is 15.2 Å². The lowest BCUT2D eigenvalue weighted by molar-refractivity contribution is -0.134. The van der Waals surface area contributed by atoms with Crippen LogP contribution in [0, 0.1) is 11.7 Å². The molecule has 2 unspecified atom stereocenters. The van der Waals surface area contributed by atoms with Crippen LogP contribution in [0.2, 0.25) is 0 Å². The monoisotopic (exact) mass is 358 g/mol. The third kappa shape index (κ3) is 3.72. The van der Waals surface area contributed by atoms with E-state index in [-0.39, 0.29) is 29.7 Å². The third-order valence-corrected chi connectivity index (χ3v) is 5.21. The zero-order valence-corrected chi connectivity index (χ0v) is 14.5. The molecule has 138 valence electrons. The Labute approximate surface area is 152 Å². The van der Waals surface area contributed by atoms with Gasteiger partial charge in [0, 0.05) is 31.9 Å². The number of benzene rings is 1. The second-order valence-electron chi connectivity index (χ2n) is 7.22. The highest BCUT2D eigenvalue weighted by Crippen LogP contribution is 2.31. The standard InChI is InChI=1S/C19H23FN4O2/c20-15-5-3-14(4-6-15)16-11-17-19(26)23(9-10-24(17)22-16)8-7-18(25)21-12-13-1-2-13/h3-6,9-10,13,16-17,22H,1-2,7-8,11-12H2,(H,21,25). The van der Waals surface area contributed by atoms with Gasteiger partial charge in [-0.05, 0) is 42.9 Å². The molecule has 0 bridgehead atoms. The second-order valence-corrected chi connectivity index (χ2v) is 7.22. The molecule has 0 spiro atoms. The van der Waals surface area contributed by atoms with E-state index < -0.39 is 0 Å². The van der Waals surface area contributed by atoms with Crippen molar-refractivity contribution in [3.05, 3.63) is 48.0 Å². The van der Waals surface area contributed by atoms with Crippen LogP contribution >= 0.6 is 0 Å². The number of fused-ring (bicyclic) bond motifs is 1. The van der Waals surface area contributed by atoms with Crippen LogP contribution in [-0.4, -0.2) is 40.9 Å². The van der Waals surface area contributed by atoms with Crippen LogP contribution in [0.3, 0.4) is 0 Å². The molecule has 1 aliphatic carbocycles. The molecule has 2 N–H and O–H groups in total. The van der Waals surface area contributed by atoms with Crippen LogP contribution in [0.4, 0.5) is 4.39 Å². The molecule has 7 heteroatoms. The number of rotatable bonds is 6. The Bertz CT molecular complexity index is 717. The second kappa shape index (κ2) is 7.07. The van der Waals surface area contributed by atoms with Gasteiger partial charge >= 0.3 is 0 Å². The van der Waals surface area contributed by atoms with Crippen molar-refractivity contribution in [2.24, 2.45) is 5.92 Å². The highest BCUT2D eigenvalue weighted by molar-refractivity contribution is 5.85. The molecule has 0 aromatic heterocycles. The van der Waals surface area contributed by atoms with Crippen molar-refractivity contribution >= 4 is 11.8 Å². The van der Waals surface area contributed by atoms with Gasteiger partial charge in [0.25, 0.3) is 5.91 Å². The van der Waals surface area contributed by atoms with Crippen LogP contribution in [0.1, 0.15) is 37.3 Å². The first kappa shape index (κ1) is 17.0. The summed E-state index contributed by atoms with van der Waals surface area (Å²) in [5.41, 5.74) is 4.23. The molecule has 3 aliphatic rings. The van der Waals surface area contributed by atoms with Crippen LogP contribution < -0.4 is 10.7 Å². The van der Waals surface area contributed by atoms with Crippen molar-refractivity contribution in [2.75, 3.05) is 13.1 Å². The molecule has 2 aliphatic heterocycles. The van der Waals surface area contributed by atoms with Gasteiger partial charge in [-0.3, -0.25) is 9.59 Å². The van der Waals surface area contributed by atoms with Crippen molar-refractivity contribution < 1.29 is 14.0 Å². The lowest BCUT2D eigenvalue weighted by Crippen LogP contribution is -2.48. The summed E-state index contributed by atoms with van der Waals surface area (Å²) in [7, 11) is 0. The molecule has 1 aromatic carbocycles. The largest absolute Gasteiger partial charge is 0.356 e. The predicted molar refractivity (Wildman–Crippen MR) is 93.7 cm³/mol. The number of hydrazine groups is 1. The number of halogens is 1. The van der Waals surface area contributed by atoms with Gasteiger partial charge in [-0.1, -0.05) is 12.1 Å². The van der Waals surface area contributed by atoms with Gasteiger partial charge in [-0.15, -0.1) is 0 Å². The minimum Gasteiger partial charge on any atom is -0.356 e. The molecule has 1 aromatic rings. The molecule has 2 heterocycles. The minimum absolute atomic E-state index is 0.00531. The average molecular weight is 358 g/mol. The summed E-state index contributed by atoms with van der Waals surface area (Å²) >= 11 is 0. The molecular formula is C19H23FN4O2. The SMILES string of the molecule is O=C(CCN1C=CN2NC(c3ccc(F)cc3)CC2C1=O)NCC1CC1. The van der Waals surface area contributed by atoms with E-state index in [1.165, 1.54) is 25.0 Å². The van der Waals surface area contributed by atoms with E-state index in [0.717, 1.165) is 12.1 Å². The number of carbonyl (C=O) groups is 2. The number of amides is 2. The minimum atomic E-state index is -0.301. The molecule has 0 radical (unpaired) electrons. The fourth-order valence-corrected chi connectivity index (χ4v) is 3.42. The smallest absolute Gasteiger partial charge is 0.250 e. The van der Waals surface area contributed by atoms with E-state index in [9.17, 15) is 14.0 Å². The molecule has 6 nitrogen and oxygen atoms in total. The number of hydrogen-bond acceptors (Lipinski definition) is 4. The quantitative estimate of drug-likeness (QED) is 0.812. The van der Waals surface area contributed by atoms with Crippen LogP contribution in [-0.2, 0) is 9.59 Å². The zero-order chi connectivity index (χ0) is 18.1. The van der Waals surface area contributed by atoms with Crippen molar-refractivity contribution in [1.29, 1.82) is 0 Å². The summed E-state index contributed by atoms with van der Waals surface area (Å²) in [4.78, 5) is 26.2. The van der Waals surface area contributed by atoms with Crippen molar-refractivity contribution in [2.45, 2.75) is 37.8 Å². The Morgan fingerprint density at radius 3 is 2.73 bits per heavy atom. The van der Waals surface area contributed by atoms with Gasteiger partial charge in [0.05, 0.1) is 6.04 Å². The number of carbonyl (C=O) groups excluding carboxylic acids is 2. The van der Waals surface area contributed by atoms with Gasteiger partial charge in [0.1, 0.15) is 11.9 Å². The Hall–Kier alpha value is -2.41. The zero-order valence-electron chi connectivity index (χ0n) is 14.5. The molecule has 1 saturated carbocycles. The normalized spacial score (nSPS) is 24.7. The van der Waals surface area contributed by atoms with E-state index in [0.29, 0.717) is 25.3 Å². The molecule has 2 amide bonds. The van der Waals surface area contributed by atoms with E-state index in [2.05, 4.69) is 10.7 Å². The summed E-state index contributed by atoms with van der Waals surface area (Å²) in [6, 6.07) is 6.00. The number of nitrogens with zero attached hydrogens (tertiary/aromatic N) is 2. The maximum absolute atomic E-state index is 13.1. The molecule has 1 saturated heterocycles. The Morgan fingerprint density at radius 1 is 1.23 bits per heavy atom. The van der Waals surface area contributed by atoms with Gasteiger partial charge in [0.15, 0.2) is 0 Å². The topological polar surface area (TPSA) is 64.7 Å². The average Bonchev–Trinajstić information content (AvgIpc) is 3.37. The van der Waals surface area contributed by atoms with Crippen molar-refractivity contribution in [3.63, 3.8) is 0 Å². The molecular weight excluding hydrogens is 335 g/mol. The van der Waals surface area contributed by atoms with Crippen LogP contribution in [0.15, 0.2) is 36.7 Å². The Kier molecular flexibility index (Phi) is 4.63. The molecule has 4 rings (SSSR count). The van der Waals surface area contributed by atoms with E-state index in [4.69, 9.17) is 0 Å². The van der Waals surface area contributed by atoms with Crippen molar-refractivity contribution in [1.82, 2.24) is 20.7 Å². The first-order chi connectivity index (χ1) is 12.6. The highest BCUT2D eigenvalue weighted by atomic mass is 19.1. The first-order valence-corrected chi connectivity index (χ1v) is 9.15. The lowest BCUT2D eigenvalue weighted by Gasteiger charge is -2.31. The third-order valence-electron chi connectivity index (χ3n) is 5.21. The van der Waals surface area contributed by atoms with E-state index in [1.807, 2.05) is 6.20 Å². The highest BCUT2D eigenvalue weighted by Gasteiger charge is 2.39. The maximum Gasteiger partial charge on any atom is 0.250 e. The molecule has 2 fully saturated rings. The molecule has 26 heavy (non-hydrogen) atoms. The molecule has 2 atom stereocenters. The fraction of sp³-hybridized carbons (Fsp3) is 0.474. The van der Waals surface area contributed by atoms with Crippen molar-refractivity contribution in [3.8, 4) is 0 Å². The number of nitrogens with one attached hydrogen (secondary N) is 2. The summed E-state index contributed by atoms with van der Waals surface area (Å²) < 4.78 is 13.1. The Morgan fingerprint density at radius 2 is 2.00 bits per heavy atom. The van der Waals surface area contributed by atoms with Gasteiger partial charge in [-0.25, -0.2) is 9.82 Å². The lowest BCUT2D eigenvalue weighted by atomic mass is 10.0. The summed E-state index contributed by atoms with van der Waals surface area (Å²) in [6.45, 7) is 1.14. The summed E-state index contributed by atoms with van der Waals surface area (Å²) in [6.07, 6.45) is 6.87. The van der Waals surface area contributed by atoms with E-state index in [1.54, 1.807) is 28.2 Å². The fourth-order valence-electron chi connectivity index (χ4n) is 3.42. The maximum atomic E-state index is 13.1. The first-order valence-electron chi connectivity index (χ1n) is 9.15. The number of hydrogen-bond donors (Lipinski definition) is 2. The Balaban J connectivity index is 1.31. The van der Waals surface area contributed by atoms with E-state index >= 15 is 0 Å². The van der Waals surface area contributed by atoms with Crippen LogP contribution in [0.25, 0.3) is 0 Å². The van der Waals surface area contributed by atoms with Crippen LogP contribution in [0.5, 0.6) is 0 Å². The van der Waals surface area contributed by atoms with Gasteiger partial charge in [0.2, 0.25) is 5.91 Å². The van der Waals surface area contributed by atoms with Gasteiger partial charge in [-0.2, -0.15) is 0 Å². The summed E-state index contributed by atoms with van der Waals surface area (Å²) in [5, 5.41) is 4.73. The summed E-state index contributed by atoms with van der Waals surface area (Å²) in [5.74, 6) is 0.359.